The van der Waals surface area contributed by atoms with E-state index >= 15 is 0 Å². The van der Waals surface area contributed by atoms with Crippen molar-refractivity contribution in [3.05, 3.63) is 77.4 Å². The monoisotopic (exact) mass is 445 g/mol. The van der Waals surface area contributed by atoms with E-state index in [1.807, 2.05) is 25.1 Å². The SMILES string of the molecule is Cc1ccc2oc([C@@H]3c4nc[nH]c4CCN3C(=O)c3nnc(-c4ncccc4F)o3)nc2c1. The molecule has 0 radical (unpaired) electrons. The number of rotatable bonds is 3. The molecule has 0 aliphatic carbocycles. The standard InChI is InChI=1S/C22H16FN7O3/c1-11-4-5-15-14(9-11)27-20(32-15)18-17-13(25-10-26-17)6-8-30(18)22(31)21-29-28-19(33-21)16-12(23)3-2-7-24-16/h2-5,7,9-10,18H,6,8H2,1H3,(H,25,26)/t18-/m0/s1. The first-order valence-electron chi connectivity index (χ1n) is 10.2. The van der Waals surface area contributed by atoms with Gasteiger partial charge in [0.1, 0.15) is 5.52 Å². The van der Waals surface area contributed by atoms with Crippen LogP contribution < -0.4 is 0 Å². The van der Waals surface area contributed by atoms with Gasteiger partial charge in [-0.05, 0) is 36.8 Å². The summed E-state index contributed by atoms with van der Waals surface area (Å²) >= 11 is 0. The van der Waals surface area contributed by atoms with Crippen LogP contribution in [0.3, 0.4) is 0 Å². The molecule has 0 saturated heterocycles. The van der Waals surface area contributed by atoms with E-state index in [0.717, 1.165) is 11.3 Å². The number of benzene rings is 1. The molecule has 0 spiro atoms. The van der Waals surface area contributed by atoms with Crippen LogP contribution in [-0.2, 0) is 6.42 Å². The summed E-state index contributed by atoms with van der Waals surface area (Å²) in [5.41, 5.74) is 3.74. The number of aromatic nitrogens is 6. The second kappa shape index (κ2) is 7.33. The van der Waals surface area contributed by atoms with Crippen LogP contribution >= 0.6 is 0 Å². The van der Waals surface area contributed by atoms with Crippen molar-refractivity contribution in [2.24, 2.45) is 0 Å². The van der Waals surface area contributed by atoms with Gasteiger partial charge in [-0.15, -0.1) is 10.2 Å². The van der Waals surface area contributed by atoms with Gasteiger partial charge in [-0.2, -0.15) is 0 Å². The van der Waals surface area contributed by atoms with Crippen LogP contribution in [0.2, 0.25) is 0 Å². The normalized spacial score (nSPS) is 15.7. The minimum atomic E-state index is -0.692. The zero-order valence-electron chi connectivity index (χ0n) is 17.3. The Kier molecular flexibility index (Phi) is 4.28. The molecule has 6 rings (SSSR count). The van der Waals surface area contributed by atoms with E-state index in [4.69, 9.17) is 8.83 Å². The van der Waals surface area contributed by atoms with E-state index in [9.17, 15) is 9.18 Å². The summed E-state index contributed by atoms with van der Waals surface area (Å²) in [5, 5.41) is 7.65. The number of H-pyrrole nitrogens is 1. The summed E-state index contributed by atoms with van der Waals surface area (Å²) in [6, 6.07) is 7.66. The van der Waals surface area contributed by atoms with E-state index < -0.39 is 17.8 Å². The molecule has 1 atom stereocenters. The number of hydrogen-bond acceptors (Lipinski definition) is 8. The van der Waals surface area contributed by atoms with Gasteiger partial charge in [0.05, 0.1) is 12.0 Å². The molecular formula is C22H16FN7O3. The number of amides is 1. The Morgan fingerprint density at radius 1 is 1.21 bits per heavy atom. The zero-order chi connectivity index (χ0) is 22.5. The summed E-state index contributed by atoms with van der Waals surface area (Å²) in [6.07, 6.45) is 3.53. The minimum Gasteiger partial charge on any atom is -0.438 e. The Labute approximate surface area is 185 Å². The van der Waals surface area contributed by atoms with Crippen molar-refractivity contribution in [2.45, 2.75) is 19.4 Å². The van der Waals surface area contributed by atoms with Crippen LogP contribution in [0.15, 0.2) is 51.7 Å². The van der Waals surface area contributed by atoms with Crippen molar-refractivity contribution in [1.82, 2.24) is 35.0 Å². The van der Waals surface area contributed by atoms with Gasteiger partial charge < -0.3 is 18.7 Å². The van der Waals surface area contributed by atoms with Crippen LogP contribution in [-0.4, -0.2) is 47.5 Å². The molecular weight excluding hydrogens is 429 g/mol. The smallest absolute Gasteiger partial charge is 0.312 e. The number of nitrogens with one attached hydrogen (secondary N) is 1. The molecule has 1 amide bonds. The van der Waals surface area contributed by atoms with Crippen LogP contribution in [0.5, 0.6) is 0 Å². The number of halogens is 1. The Morgan fingerprint density at radius 3 is 3.00 bits per heavy atom. The first-order chi connectivity index (χ1) is 16.1. The lowest BCUT2D eigenvalue weighted by Gasteiger charge is -2.31. The van der Waals surface area contributed by atoms with Gasteiger partial charge in [0.15, 0.2) is 23.1 Å². The number of pyridine rings is 1. The molecule has 1 aliphatic rings. The van der Waals surface area contributed by atoms with Crippen LogP contribution in [0.25, 0.3) is 22.7 Å². The molecule has 1 aliphatic heterocycles. The molecule has 5 aromatic rings. The molecule has 1 aromatic carbocycles. The average molecular weight is 445 g/mol. The maximum atomic E-state index is 14.1. The van der Waals surface area contributed by atoms with Gasteiger partial charge in [0.2, 0.25) is 5.89 Å². The fourth-order valence-electron chi connectivity index (χ4n) is 3.99. The molecule has 0 fully saturated rings. The second-order valence-corrected chi connectivity index (χ2v) is 7.69. The van der Waals surface area contributed by atoms with Crippen molar-refractivity contribution in [2.75, 3.05) is 6.54 Å². The number of hydrogen-bond donors (Lipinski definition) is 1. The fraction of sp³-hybridized carbons (Fsp3) is 0.182. The first kappa shape index (κ1) is 19.3. The highest BCUT2D eigenvalue weighted by Crippen LogP contribution is 2.35. The predicted octanol–water partition coefficient (Wildman–Crippen LogP) is 3.23. The van der Waals surface area contributed by atoms with Crippen LogP contribution in [0.1, 0.15) is 39.6 Å². The summed E-state index contributed by atoms with van der Waals surface area (Å²) in [5.74, 6) is -1.30. The second-order valence-electron chi connectivity index (χ2n) is 7.69. The Balaban J connectivity index is 1.40. The Hall–Kier alpha value is -4.41. The van der Waals surface area contributed by atoms with Crippen molar-refractivity contribution in [3.63, 3.8) is 0 Å². The molecule has 11 heteroatoms. The first-order valence-corrected chi connectivity index (χ1v) is 10.2. The number of fused-ring (bicyclic) bond motifs is 2. The molecule has 4 aromatic heterocycles. The number of aromatic amines is 1. The molecule has 33 heavy (non-hydrogen) atoms. The Morgan fingerprint density at radius 2 is 2.12 bits per heavy atom. The average Bonchev–Trinajstić information content (AvgIpc) is 3.57. The minimum absolute atomic E-state index is 0.122. The number of aryl methyl sites for hydroxylation is 1. The molecule has 0 bridgehead atoms. The van der Waals surface area contributed by atoms with E-state index in [1.165, 1.54) is 23.2 Å². The summed E-state index contributed by atoms with van der Waals surface area (Å²) in [6.45, 7) is 2.31. The summed E-state index contributed by atoms with van der Waals surface area (Å²) < 4.78 is 25.6. The molecule has 0 unspecified atom stereocenters. The third-order valence-corrected chi connectivity index (χ3v) is 5.55. The van der Waals surface area contributed by atoms with Gasteiger partial charge in [-0.25, -0.2) is 19.3 Å². The fourth-order valence-corrected chi connectivity index (χ4v) is 3.99. The van der Waals surface area contributed by atoms with Crippen LogP contribution in [0.4, 0.5) is 4.39 Å². The lowest BCUT2D eigenvalue weighted by Crippen LogP contribution is -2.41. The Bertz CT molecular complexity index is 1500. The van der Waals surface area contributed by atoms with Crippen LogP contribution in [0, 0.1) is 12.7 Å². The lowest BCUT2D eigenvalue weighted by atomic mass is 10.0. The highest BCUT2D eigenvalue weighted by molar-refractivity contribution is 5.90. The number of carbonyl (C=O) groups excluding carboxylic acids is 1. The number of carbonyl (C=O) groups is 1. The third kappa shape index (κ3) is 3.16. The molecule has 10 nitrogen and oxygen atoms in total. The van der Waals surface area contributed by atoms with Crippen molar-refractivity contribution in [3.8, 4) is 11.6 Å². The van der Waals surface area contributed by atoms with Gasteiger partial charge in [-0.3, -0.25) is 4.79 Å². The van der Waals surface area contributed by atoms with Crippen molar-refractivity contribution in [1.29, 1.82) is 0 Å². The van der Waals surface area contributed by atoms with E-state index in [2.05, 4.69) is 30.1 Å². The van der Waals surface area contributed by atoms with Gasteiger partial charge in [0.25, 0.3) is 5.89 Å². The topological polar surface area (TPSA) is 127 Å². The van der Waals surface area contributed by atoms with Gasteiger partial charge in [-0.1, -0.05) is 6.07 Å². The molecule has 0 saturated carbocycles. The molecule has 1 N–H and O–H groups in total. The molecule has 5 heterocycles. The maximum absolute atomic E-state index is 14.1. The van der Waals surface area contributed by atoms with E-state index in [1.54, 1.807) is 6.33 Å². The highest BCUT2D eigenvalue weighted by Gasteiger charge is 2.39. The summed E-state index contributed by atoms with van der Waals surface area (Å²) in [7, 11) is 0. The number of imidazole rings is 1. The quantitative estimate of drug-likeness (QED) is 0.448. The lowest BCUT2D eigenvalue weighted by molar-refractivity contribution is 0.0627. The van der Waals surface area contributed by atoms with E-state index in [-0.39, 0.29) is 17.5 Å². The van der Waals surface area contributed by atoms with E-state index in [0.29, 0.717) is 35.6 Å². The third-order valence-electron chi connectivity index (χ3n) is 5.55. The predicted molar refractivity (Wildman–Crippen MR) is 111 cm³/mol. The number of oxazole rings is 1. The van der Waals surface area contributed by atoms with Crippen molar-refractivity contribution < 1.29 is 18.0 Å². The zero-order valence-corrected chi connectivity index (χ0v) is 17.3. The molecule has 164 valence electrons. The van der Waals surface area contributed by atoms with Crippen molar-refractivity contribution >= 4 is 17.0 Å². The largest absolute Gasteiger partial charge is 0.438 e. The highest BCUT2D eigenvalue weighted by atomic mass is 19.1. The number of nitrogens with zero attached hydrogens (tertiary/aromatic N) is 6. The summed E-state index contributed by atoms with van der Waals surface area (Å²) in [4.78, 5) is 31.0. The van der Waals surface area contributed by atoms with Gasteiger partial charge >= 0.3 is 11.8 Å². The maximum Gasteiger partial charge on any atom is 0.312 e. The van der Waals surface area contributed by atoms with Gasteiger partial charge in [0, 0.05) is 24.9 Å².